The van der Waals surface area contributed by atoms with Crippen molar-refractivity contribution >= 4 is 5.78 Å². The molecular formula is C15H12O5. The molecule has 0 radical (unpaired) electrons. The highest BCUT2D eigenvalue weighted by Crippen LogP contribution is 2.47. The highest BCUT2D eigenvalue weighted by Gasteiger charge is 2.32. The van der Waals surface area contributed by atoms with Gasteiger partial charge in [0.2, 0.25) is 5.75 Å². The Kier molecular flexibility index (Phi) is 2.75. The van der Waals surface area contributed by atoms with Crippen LogP contribution >= 0.6 is 0 Å². The van der Waals surface area contributed by atoms with E-state index >= 15 is 0 Å². The summed E-state index contributed by atoms with van der Waals surface area (Å²) < 4.78 is 5.65. The standard InChI is InChI=1S/C15H12O5/c16-9-6-11(8-4-2-1-3-5-8)20-12-7-10(17)14(18)15(19)13(9)12/h1-5,7,11,17-19H,6H2/t11-/m1/s1. The lowest BCUT2D eigenvalue weighted by molar-refractivity contribution is 0.0843. The molecule has 2 aromatic carbocycles. The maximum atomic E-state index is 12.1. The van der Waals surface area contributed by atoms with Crippen molar-refractivity contribution < 1.29 is 24.9 Å². The Hall–Kier alpha value is -2.69. The van der Waals surface area contributed by atoms with Crippen LogP contribution in [0.25, 0.3) is 0 Å². The van der Waals surface area contributed by atoms with E-state index in [1.54, 1.807) is 0 Å². The molecule has 0 aliphatic carbocycles. The SMILES string of the molecule is O=C1C[C@H](c2ccccc2)Oc2cc(O)c(O)c(O)c21. The summed E-state index contributed by atoms with van der Waals surface area (Å²) in [5.41, 5.74) is 0.742. The molecule has 0 unspecified atom stereocenters. The fourth-order valence-electron chi connectivity index (χ4n) is 2.30. The number of aromatic hydroxyl groups is 3. The van der Waals surface area contributed by atoms with Gasteiger partial charge in [-0.1, -0.05) is 30.3 Å². The molecule has 0 saturated heterocycles. The molecule has 1 aliphatic rings. The number of phenols is 3. The molecule has 1 atom stereocenters. The maximum Gasteiger partial charge on any atom is 0.201 e. The molecule has 5 nitrogen and oxygen atoms in total. The lowest BCUT2D eigenvalue weighted by Crippen LogP contribution is -2.20. The summed E-state index contributed by atoms with van der Waals surface area (Å²) in [7, 11) is 0. The Morgan fingerprint density at radius 2 is 1.75 bits per heavy atom. The van der Waals surface area contributed by atoms with Crippen LogP contribution in [0.3, 0.4) is 0 Å². The van der Waals surface area contributed by atoms with Gasteiger partial charge in [-0.25, -0.2) is 0 Å². The van der Waals surface area contributed by atoms with Crippen LogP contribution < -0.4 is 4.74 Å². The van der Waals surface area contributed by atoms with Gasteiger partial charge in [-0.05, 0) is 5.56 Å². The summed E-state index contributed by atoms with van der Waals surface area (Å²) >= 11 is 0. The lowest BCUT2D eigenvalue weighted by atomic mass is 9.95. The van der Waals surface area contributed by atoms with E-state index < -0.39 is 23.4 Å². The number of phenolic OH excluding ortho intramolecular Hbond substituents is 3. The minimum absolute atomic E-state index is 0.0643. The maximum absolute atomic E-state index is 12.1. The van der Waals surface area contributed by atoms with Crippen LogP contribution in [-0.4, -0.2) is 21.1 Å². The Morgan fingerprint density at radius 3 is 2.45 bits per heavy atom. The van der Waals surface area contributed by atoms with Gasteiger partial charge in [-0.2, -0.15) is 0 Å². The predicted molar refractivity (Wildman–Crippen MR) is 70.2 cm³/mol. The molecule has 2 aromatic rings. The van der Waals surface area contributed by atoms with Crippen molar-refractivity contribution in [3.05, 3.63) is 47.5 Å². The molecule has 0 spiro atoms. The second-order valence-electron chi connectivity index (χ2n) is 4.61. The number of ketones is 1. The molecule has 0 aromatic heterocycles. The van der Waals surface area contributed by atoms with Gasteiger partial charge in [0.1, 0.15) is 17.4 Å². The minimum atomic E-state index is -0.709. The normalized spacial score (nSPS) is 17.4. The first-order valence-electron chi connectivity index (χ1n) is 6.10. The van der Waals surface area contributed by atoms with Crippen LogP contribution in [0.4, 0.5) is 0 Å². The third kappa shape index (κ3) is 1.84. The Morgan fingerprint density at radius 1 is 1.05 bits per heavy atom. The number of carbonyl (C=O) groups is 1. The number of carbonyl (C=O) groups excluding carboxylic acids is 1. The van der Waals surface area contributed by atoms with Crippen molar-refractivity contribution in [1.29, 1.82) is 0 Å². The third-order valence-corrected chi connectivity index (χ3v) is 3.31. The van der Waals surface area contributed by atoms with Crippen LogP contribution in [0.1, 0.15) is 28.4 Å². The van der Waals surface area contributed by atoms with Crippen molar-refractivity contribution in [1.82, 2.24) is 0 Å². The summed E-state index contributed by atoms with van der Waals surface area (Å²) in [6.45, 7) is 0. The van der Waals surface area contributed by atoms with E-state index in [-0.39, 0.29) is 23.5 Å². The molecule has 0 saturated carbocycles. The average Bonchev–Trinajstić information content (AvgIpc) is 2.45. The molecule has 1 heterocycles. The zero-order valence-corrected chi connectivity index (χ0v) is 10.4. The minimum Gasteiger partial charge on any atom is -0.504 e. The molecule has 5 heteroatoms. The van der Waals surface area contributed by atoms with Crippen molar-refractivity contribution in [3.63, 3.8) is 0 Å². The Bertz CT molecular complexity index is 678. The highest BCUT2D eigenvalue weighted by molar-refractivity contribution is 6.03. The average molecular weight is 272 g/mol. The van der Waals surface area contributed by atoms with E-state index in [0.29, 0.717) is 0 Å². The fraction of sp³-hybridized carbons (Fsp3) is 0.133. The van der Waals surface area contributed by atoms with Crippen molar-refractivity contribution in [2.24, 2.45) is 0 Å². The van der Waals surface area contributed by atoms with Gasteiger partial charge < -0.3 is 20.1 Å². The van der Waals surface area contributed by atoms with Gasteiger partial charge in [0.15, 0.2) is 17.3 Å². The van der Waals surface area contributed by atoms with Gasteiger partial charge >= 0.3 is 0 Å². The van der Waals surface area contributed by atoms with Crippen LogP contribution in [0.5, 0.6) is 23.0 Å². The van der Waals surface area contributed by atoms with Crippen molar-refractivity contribution in [2.45, 2.75) is 12.5 Å². The van der Waals surface area contributed by atoms with E-state index in [0.717, 1.165) is 11.6 Å². The van der Waals surface area contributed by atoms with E-state index in [2.05, 4.69) is 0 Å². The number of fused-ring (bicyclic) bond motifs is 1. The lowest BCUT2D eigenvalue weighted by Gasteiger charge is -2.26. The molecule has 20 heavy (non-hydrogen) atoms. The summed E-state index contributed by atoms with van der Waals surface area (Å²) in [4.78, 5) is 12.1. The number of benzene rings is 2. The van der Waals surface area contributed by atoms with E-state index in [4.69, 9.17) is 4.74 Å². The highest BCUT2D eigenvalue weighted by atomic mass is 16.5. The summed E-state index contributed by atoms with van der Waals surface area (Å²) in [6.07, 6.45) is -0.408. The first-order valence-corrected chi connectivity index (χ1v) is 6.10. The zero-order chi connectivity index (χ0) is 14.3. The molecule has 3 N–H and O–H groups in total. The molecule has 0 amide bonds. The van der Waals surface area contributed by atoms with Gasteiger partial charge in [0.05, 0.1) is 6.42 Å². The third-order valence-electron chi connectivity index (χ3n) is 3.31. The van der Waals surface area contributed by atoms with Crippen LogP contribution in [0, 0.1) is 0 Å². The second kappa shape index (κ2) is 4.45. The van der Waals surface area contributed by atoms with Gasteiger partial charge in [0, 0.05) is 6.07 Å². The number of hydrogen-bond donors (Lipinski definition) is 3. The zero-order valence-electron chi connectivity index (χ0n) is 10.4. The smallest absolute Gasteiger partial charge is 0.201 e. The first kappa shape index (κ1) is 12.3. The van der Waals surface area contributed by atoms with Crippen LogP contribution in [0.2, 0.25) is 0 Å². The van der Waals surface area contributed by atoms with E-state index in [9.17, 15) is 20.1 Å². The van der Waals surface area contributed by atoms with Crippen LogP contribution in [0.15, 0.2) is 36.4 Å². The molecule has 3 rings (SSSR count). The summed E-state index contributed by atoms with van der Waals surface area (Å²) in [5, 5.41) is 28.7. The van der Waals surface area contributed by atoms with E-state index in [1.807, 2.05) is 30.3 Å². The van der Waals surface area contributed by atoms with Crippen LogP contribution in [-0.2, 0) is 0 Å². The van der Waals surface area contributed by atoms with Gasteiger partial charge in [-0.15, -0.1) is 0 Å². The largest absolute Gasteiger partial charge is 0.504 e. The molecule has 0 fully saturated rings. The predicted octanol–water partition coefficient (Wildman–Crippen LogP) is 2.51. The topological polar surface area (TPSA) is 87.0 Å². The number of Topliss-reactive ketones (excluding diaryl/α,β-unsaturated/α-hetero) is 1. The molecule has 0 bridgehead atoms. The monoisotopic (exact) mass is 272 g/mol. The number of hydrogen-bond acceptors (Lipinski definition) is 5. The Balaban J connectivity index is 2.06. The van der Waals surface area contributed by atoms with Gasteiger partial charge in [0.25, 0.3) is 0 Å². The molecule has 1 aliphatic heterocycles. The van der Waals surface area contributed by atoms with Crippen molar-refractivity contribution in [3.8, 4) is 23.0 Å². The second-order valence-corrected chi connectivity index (χ2v) is 4.61. The van der Waals surface area contributed by atoms with E-state index in [1.165, 1.54) is 0 Å². The first-order chi connectivity index (χ1) is 9.58. The molecule has 102 valence electrons. The quantitative estimate of drug-likeness (QED) is 0.694. The van der Waals surface area contributed by atoms with Crippen molar-refractivity contribution in [2.75, 3.05) is 0 Å². The number of ether oxygens (including phenoxy) is 1. The van der Waals surface area contributed by atoms with Gasteiger partial charge in [-0.3, -0.25) is 4.79 Å². The molecular weight excluding hydrogens is 260 g/mol. The summed E-state index contributed by atoms with van der Waals surface area (Å²) in [5.74, 6) is -2.14. The summed E-state index contributed by atoms with van der Waals surface area (Å²) in [6, 6.07) is 10.3. The number of rotatable bonds is 1. The fourth-order valence-corrected chi connectivity index (χ4v) is 2.30. The Labute approximate surface area is 114 Å².